The largest absolute Gasteiger partial charge is 0.388 e. The van der Waals surface area contributed by atoms with E-state index in [1.165, 1.54) is 0 Å². The van der Waals surface area contributed by atoms with Crippen molar-refractivity contribution in [3.8, 4) is 0 Å². The first-order valence-corrected chi connectivity index (χ1v) is 5.63. The molecule has 0 radical (unpaired) electrons. The quantitative estimate of drug-likeness (QED) is 0.830. The Labute approximate surface area is 94.9 Å². The van der Waals surface area contributed by atoms with Crippen molar-refractivity contribution in [2.24, 2.45) is 0 Å². The van der Waals surface area contributed by atoms with Gasteiger partial charge in [-0.05, 0) is 30.5 Å². The van der Waals surface area contributed by atoms with Gasteiger partial charge in [-0.1, -0.05) is 0 Å². The zero-order valence-corrected chi connectivity index (χ0v) is 9.17. The SMILES string of the molecule is O=C(C[C@@H](O)c1ccncc1)N1CCCC1. The molecule has 16 heavy (non-hydrogen) atoms. The van der Waals surface area contributed by atoms with Gasteiger partial charge >= 0.3 is 0 Å². The minimum atomic E-state index is -0.712. The Morgan fingerprint density at radius 1 is 1.38 bits per heavy atom. The Bertz CT molecular complexity index is 347. The summed E-state index contributed by atoms with van der Waals surface area (Å²) in [4.78, 5) is 17.5. The van der Waals surface area contributed by atoms with Crippen LogP contribution in [0.4, 0.5) is 0 Å². The summed E-state index contributed by atoms with van der Waals surface area (Å²) in [5, 5.41) is 9.88. The summed E-state index contributed by atoms with van der Waals surface area (Å²) in [5.41, 5.74) is 0.752. The molecule has 0 bridgehead atoms. The molecule has 1 aliphatic rings. The molecule has 1 amide bonds. The summed E-state index contributed by atoms with van der Waals surface area (Å²) >= 11 is 0. The molecular formula is C12H16N2O2. The molecule has 1 N–H and O–H groups in total. The first-order valence-electron chi connectivity index (χ1n) is 5.63. The number of carbonyl (C=O) groups excluding carboxylic acids is 1. The number of rotatable bonds is 3. The van der Waals surface area contributed by atoms with Crippen LogP contribution in [0.25, 0.3) is 0 Å². The highest BCUT2D eigenvalue weighted by molar-refractivity contribution is 5.77. The van der Waals surface area contributed by atoms with Crippen molar-refractivity contribution in [3.05, 3.63) is 30.1 Å². The van der Waals surface area contributed by atoms with Crippen molar-refractivity contribution in [3.63, 3.8) is 0 Å². The average Bonchev–Trinajstić information content (AvgIpc) is 2.83. The van der Waals surface area contributed by atoms with Gasteiger partial charge in [-0.25, -0.2) is 0 Å². The molecule has 2 rings (SSSR count). The van der Waals surface area contributed by atoms with Gasteiger partial charge in [0, 0.05) is 25.5 Å². The average molecular weight is 220 g/mol. The molecule has 0 aliphatic carbocycles. The molecule has 1 aliphatic heterocycles. The predicted molar refractivity (Wildman–Crippen MR) is 59.6 cm³/mol. The van der Waals surface area contributed by atoms with Crippen LogP contribution in [0.2, 0.25) is 0 Å². The fourth-order valence-corrected chi connectivity index (χ4v) is 1.96. The lowest BCUT2D eigenvalue weighted by atomic mass is 10.1. The molecule has 0 unspecified atom stereocenters. The van der Waals surface area contributed by atoms with Crippen LogP contribution in [0.5, 0.6) is 0 Å². The molecule has 1 fully saturated rings. The second-order valence-electron chi connectivity index (χ2n) is 4.09. The number of carbonyl (C=O) groups is 1. The van der Waals surface area contributed by atoms with Crippen LogP contribution >= 0.6 is 0 Å². The molecule has 4 nitrogen and oxygen atoms in total. The van der Waals surface area contributed by atoms with E-state index in [-0.39, 0.29) is 12.3 Å². The Balaban J connectivity index is 1.92. The second kappa shape index (κ2) is 5.07. The first kappa shape index (κ1) is 11.1. The molecule has 0 aromatic carbocycles. The summed E-state index contributed by atoms with van der Waals surface area (Å²) in [5.74, 6) is 0.0433. The number of pyridine rings is 1. The fraction of sp³-hybridized carbons (Fsp3) is 0.500. The topological polar surface area (TPSA) is 53.4 Å². The highest BCUT2D eigenvalue weighted by atomic mass is 16.3. The molecule has 0 saturated carbocycles. The van der Waals surface area contributed by atoms with E-state index in [1.54, 1.807) is 24.5 Å². The van der Waals surface area contributed by atoms with E-state index >= 15 is 0 Å². The highest BCUT2D eigenvalue weighted by Gasteiger charge is 2.21. The Morgan fingerprint density at radius 3 is 2.62 bits per heavy atom. The summed E-state index contributed by atoms with van der Waals surface area (Å²) in [6.45, 7) is 1.67. The third-order valence-electron chi connectivity index (χ3n) is 2.92. The van der Waals surface area contributed by atoms with Crippen LogP contribution in [-0.4, -0.2) is 34.0 Å². The van der Waals surface area contributed by atoms with Gasteiger partial charge in [0.2, 0.25) is 5.91 Å². The Hall–Kier alpha value is -1.42. The standard InChI is InChI=1S/C12H16N2O2/c15-11(10-3-5-13-6-4-10)9-12(16)14-7-1-2-8-14/h3-6,11,15H,1-2,7-9H2/t11-/m1/s1. The van der Waals surface area contributed by atoms with Crippen LogP contribution in [0.15, 0.2) is 24.5 Å². The van der Waals surface area contributed by atoms with Crippen molar-refractivity contribution in [2.45, 2.75) is 25.4 Å². The van der Waals surface area contributed by atoms with Crippen LogP contribution < -0.4 is 0 Å². The minimum Gasteiger partial charge on any atom is -0.388 e. The van der Waals surface area contributed by atoms with Gasteiger partial charge in [-0.2, -0.15) is 0 Å². The molecule has 2 heterocycles. The maximum absolute atomic E-state index is 11.8. The fourth-order valence-electron chi connectivity index (χ4n) is 1.96. The number of nitrogens with zero attached hydrogens (tertiary/aromatic N) is 2. The molecule has 86 valence electrons. The summed E-state index contributed by atoms with van der Waals surface area (Å²) < 4.78 is 0. The number of hydrogen-bond acceptors (Lipinski definition) is 3. The molecule has 1 aromatic rings. The summed E-state index contributed by atoms with van der Waals surface area (Å²) in [6, 6.07) is 3.48. The van der Waals surface area contributed by atoms with E-state index in [4.69, 9.17) is 0 Å². The highest BCUT2D eigenvalue weighted by Crippen LogP contribution is 2.18. The number of hydrogen-bond donors (Lipinski definition) is 1. The van der Waals surface area contributed by atoms with Gasteiger partial charge in [0.15, 0.2) is 0 Å². The van der Waals surface area contributed by atoms with Gasteiger partial charge < -0.3 is 10.0 Å². The Morgan fingerprint density at radius 2 is 2.00 bits per heavy atom. The zero-order valence-electron chi connectivity index (χ0n) is 9.17. The van der Waals surface area contributed by atoms with Crippen molar-refractivity contribution in [1.29, 1.82) is 0 Å². The molecule has 4 heteroatoms. The van der Waals surface area contributed by atoms with Crippen molar-refractivity contribution in [1.82, 2.24) is 9.88 Å². The number of amides is 1. The third kappa shape index (κ3) is 2.58. The number of likely N-dealkylation sites (tertiary alicyclic amines) is 1. The lowest BCUT2D eigenvalue weighted by Crippen LogP contribution is -2.28. The normalized spacial score (nSPS) is 17.4. The van der Waals surface area contributed by atoms with E-state index in [0.29, 0.717) is 0 Å². The van der Waals surface area contributed by atoms with Gasteiger partial charge in [0.1, 0.15) is 0 Å². The lowest BCUT2D eigenvalue weighted by molar-refractivity contribution is -0.132. The molecule has 1 saturated heterocycles. The lowest BCUT2D eigenvalue weighted by Gasteiger charge is -2.17. The van der Waals surface area contributed by atoms with E-state index in [0.717, 1.165) is 31.5 Å². The monoisotopic (exact) mass is 220 g/mol. The summed E-state index contributed by atoms with van der Waals surface area (Å²) in [7, 11) is 0. The second-order valence-corrected chi connectivity index (χ2v) is 4.09. The predicted octanol–water partition coefficient (Wildman–Crippen LogP) is 1.13. The van der Waals surface area contributed by atoms with Crippen LogP contribution in [0.1, 0.15) is 30.9 Å². The number of aliphatic hydroxyl groups is 1. The van der Waals surface area contributed by atoms with Crippen LogP contribution in [0, 0.1) is 0 Å². The minimum absolute atomic E-state index is 0.0433. The Kier molecular flexibility index (Phi) is 3.51. The third-order valence-corrected chi connectivity index (χ3v) is 2.92. The van der Waals surface area contributed by atoms with Crippen molar-refractivity contribution >= 4 is 5.91 Å². The van der Waals surface area contributed by atoms with E-state index in [1.807, 2.05) is 4.90 Å². The molecule has 0 spiro atoms. The van der Waals surface area contributed by atoms with Gasteiger partial charge in [-0.15, -0.1) is 0 Å². The van der Waals surface area contributed by atoms with Gasteiger partial charge in [-0.3, -0.25) is 9.78 Å². The number of aliphatic hydroxyl groups excluding tert-OH is 1. The van der Waals surface area contributed by atoms with E-state index < -0.39 is 6.10 Å². The van der Waals surface area contributed by atoms with Crippen LogP contribution in [-0.2, 0) is 4.79 Å². The maximum Gasteiger partial charge on any atom is 0.225 e. The van der Waals surface area contributed by atoms with Crippen LogP contribution in [0.3, 0.4) is 0 Å². The van der Waals surface area contributed by atoms with Gasteiger partial charge in [0.25, 0.3) is 0 Å². The maximum atomic E-state index is 11.8. The summed E-state index contributed by atoms with van der Waals surface area (Å²) in [6.07, 6.45) is 4.87. The molecular weight excluding hydrogens is 204 g/mol. The molecule has 1 atom stereocenters. The smallest absolute Gasteiger partial charge is 0.225 e. The first-order chi connectivity index (χ1) is 7.77. The van der Waals surface area contributed by atoms with Gasteiger partial charge in [0.05, 0.1) is 12.5 Å². The molecule has 1 aromatic heterocycles. The van der Waals surface area contributed by atoms with Crippen molar-refractivity contribution in [2.75, 3.05) is 13.1 Å². The van der Waals surface area contributed by atoms with E-state index in [9.17, 15) is 9.90 Å². The van der Waals surface area contributed by atoms with E-state index in [2.05, 4.69) is 4.98 Å². The number of aromatic nitrogens is 1. The zero-order chi connectivity index (χ0) is 11.4. The van der Waals surface area contributed by atoms with Crippen molar-refractivity contribution < 1.29 is 9.90 Å².